The monoisotopic (exact) mass is 348 g/mol. The molecule has 0 aliphatic heterocycles. The van der Waals surface area contributed by atoms with E-state index in [0.717, 1.165) is 21.9 Å². The number of fused-ring (bicyclic) bond motifs is 1. The molecule has 6 nitrogen and oxygen atoms in total. The first-order valence-corrected chi connectivity index (χ1v) is 7.91. The minimum Gasteiger partial charge on any atom is -0.496 e. The van der Waals surface area contributed by atoms with Crippen molar-refractivity contribution in [2.45, 2.75) is 26.4 Å². The number of carbonyl (C=O) groups is 1. The Morgan fingerprint density at radius 2 is 1.68 bits per heavy atom. The number of benzene rings is 2. The summed E-state index contributed by atoms with van der Waals surface area (Å²) in [6, 6.07) is 3.16. The van der Waals surface area contributed by atoms with Gasteiger partial charge in [-0.2, -0.15) is 0 Å². The van der Waals surface area contributed by atoms with Gasteiger partial charge in [-0.1, -0.05) is 13.8 Å². The predicted molar refractivity (Wildman–Crippen MR) is 95.4 cm³/mol. The van der Waals surface area contributed by atoms with Gasteiger partial charge in [-0.3, -0.25) is 0 Å². The first-order valence-electron chi connectivity index (χ1n) is 7.91. The second-order valence-corrected chi connectivity index (χ2v) is 5.95. The lowest BCUT2D eigenvalue weighted by atomic mass is 9.89. The molecular weight excluding hydrogens is 324 g/mol. The average Bonchev–Trinajstić information content (AvgIpc) is 2.59. The van der Waals surface area contributed by atoms with Crippen molar-refractivity contribution in [2.24, 2.45) is 0 Å². The lowest BCUT2D eigenvalue weighted by Crippen LogP contribution is -2.07. The molecule has 0 saturated heterocycles. The zero-order chi connectivity index (χ0) is 18.7. The number of hydrogen-bond donors (Lipinski definition) is 1. The van der Waals surface area contributed by atoms with Crippen molar-refractivity contribution in [3.05, 3.63) is 28.8 Å². The van der Waals surface area contributed by atoms with Gasteiger partial charge >= 0.3 is 5.97 Å². The molecule has 1 N–H and O–H groups in total. The number of carboxylic acid groups (broad SMARTS) is 1. The van der Waals surface area contributed by atoms with Crippen LogP contribution in [0.5, 0.6) is 17.2 Å². The maximum atomic E-state index is 11.5. The fraction of sp³-hybridized carbons (Fsp3) is 0.421. The van der Waals surface area contributed by atoms with E-state index in [1.54, 1.807) is 27.4 Å². The van der Waals surface area contributed by atoms with Crippen LogP contribution in [0.1, 0.15) is 41.3 Å². The Balaban J connectivity index is 3.12. The molecule has 0 aliphatic rings. The Labute approximate surface area is 147 Å². The Morgan fingerprint density at radius 1 is 1.04 bits per heavy atom. The van der Waals surface area contributed by atoms with Crippen LogP contribution >= 0.6 is 0 Å². The van der Waals surface area contributed by atoms with Crippen molar-refractivity contribution < 1.29 is 28.8 Å². The van der Waals surface area contributed by atoms with Crippen molar-refractivity contribution >= 4 is 16.7 Å². The van der Waals surface area contributed by atoms with E-state index in [9.17, 15) is 9.90 Å². The van der Waals surface area contributed by atoms with Crippen LogP contribution in [0.4, 0.5) is 0 Å². The number of rotatable bonds is 7. The largest absolute Gasteiger partial charge is 0.496 e. The van der Waals surface area contributed by atoms with E-state index >= 15 is 0 Å². The van der Waals surface area contributed by atoms with Crippen molar-refractivity contribution in [2.75, 3.05) is 28.4 Å². The maximum Gasteiger partial charge on any atom is 0.335 e. The Bertz CT molecular complexity index is 795. The molecule has 25 heavy (non-hydrogen) atoms. The quantitative estimate of drug-likeness (QED) is 0.819. The SMILES string of the molecule is COCc1c(OC)c(OC)c(C(C)C)c2cc(C(=O)O)cc(OC)c12. The van der Waals surface area contributed by atoms with E-state index in [2.05, 4.69) is 0 Å². The van der Waals surface area contributed by atoms with Gasteiger partial charge in [-0.05, 0) is 23.4 Å². The Morgan fingerprint density at radius 3 is 2.12 bits per heavy atom. The first kappa shape index (κ1) is 18.9. The van der Waals surface area contributed by atoms with Gasteiger partial charge in [0, 0.05) is 23.6 Å². The molecule has 0 saturated carbocycles. The predicted octanol–water partition coefficient (Wildman–Crippen LogP) is 3.83. The van der Waals surface area contributed by atoms with E-state index in [1.165, 1.54) is 13.2 Å². The van der Waals surface area contributed by atoms with E-state index < -0.39 is 5.97 Å². The highest BCUT2D eigenvalue weighted by Gasteiger charge is 2.26. The Kier molecular flexibility index (Phi) is 5.74. The highest BCUT2D eigenvalue weighted by Crippen LogP contribution is 2.48. The smallest absolute Gasteiger partial charge is 0.335 e. The molecule has 0 heterocycles. The van der Waals surface area contributed by atoms with E-state index in [4.69, 9.17) is 18.9 Å². The van der Waals surface area contributed by atoms with Crippen molar-refractivity contribution in [1.82, 2.24) is 0 Å². The van der Waals surface area contributed by atoms with Gasteiger partial charge in [0.25, 0.3) is 0 Å². The molecule has 0 unspecified atom stereocenters. The fourth-order valence-electron chi connectivity index (χ4n) is 3.19. The Hall–Kier alpha value is -2.47. The number of hydrogen-bond acceptors (Lipinski definition) is 5. The van der Waals surface area contributed by atoms with Crippen LogP contribution in [0.2, 0.25) is 0 Å². The van der Waals surface area contributed by atoms with Gasteiger partial charge in [0.15, 0.2) is 11.5 Å². The maximum absolute atomic E-state index is 11.5. The number of ether oxygens (including phenoxy) is 4. The summed E-state index contributed by atoms with van der Waals surface area (Å²) < 4.78 is 22.1. The van der Waals surface area contributed by atoms with E-state index in [0.29, 0.717) is 17.2 Å². The molecule has 2 aromatic rings. The van der Waals surface area contributed by atoms with Crippen molar-refractivity contribution in [3.8, 4) is 17.2 Å². The highest BCUT2D eigenvalue weighted by molar-refractivity contribution is 6.03. The minimum absolute atomic E-state index is 0.0803. The molecule has 2 rings (SSSR count). The number of aromatic carboxylic acids is 1. The van der Waals surface area contributed by atoms with E-state index in [-0.39, 0.29) is 18.1 Å². The molecule has 0 amide bonds. The standard InChI is InChI=1S/C19H24O6/c1-10(2)15-12-7-11(19(20)21)8-14(23-4)16(12)13(9-22-3)17(24-5)18(15)25-6/h7-8,10H,9H2,1-6H3,(H,20,21). The summed E-state index contributed by atoms with van der Waals surface area (Å²) in [7, 11) is 6.25. The summed E-state index contributed by atoms with van der Waals surface area (Å²) in [5, 5.41) is 11.0. The molecule has 0 spiro atoms. The van der Waals surface area contributed by atoms with Gasteiger partial charge in [0.2, 0.25) is 0 Å². The zero-order valence-corrected chi connectivity index (χ0v) is 15.4. The van der Waals surface area contributed by atoms with Crippen LogP contribution in [0, 0.1) is 0 Å². The summed E-state index contributed by atoms with van der Waals surface area (Å²) in [5.74, 6) is 0.683. The van der Waals surface area contributed by atoms with Gasteiger partial charge in [-0.25, -0.2) is 4.79 Å². The summed E-state index contributed by atoms with van der Waals surface area (Å²) in [5.41, 5.74) is 1.78. The van der Waals surface area contributed by atoms with Crippen LogP contribution in [0.25, 0.3) is 10.8 Å². The third-order valence-electron chi connectivity index (χ3n) is 4.16. The molecule has 0 radical (unpaired) electrons. The second kappa shape index (κ2) is 7.61. The number of methoxy groups -OCH3 is 4. The molecule has 0 bridgehead atoms. The molecule has 0 atom stereocenters. The molecule has 0 fully saturated rings. The lowest BCUT2D eigenvalue weighted by Gasteiger charge is -2.23. The van der Waals surface area contributed by atoms with Crippen molar-refractivity contribution in [3.63, 3.8) is 0 Å². The van der Waals surface area contributed by atoms with Crippen LogP contribution < -0.4 is 14.2 Å². The first-order chi connectivity index (χ1) is 11.9. The normalized spacial score (nSPS) is 11.0. The van der Waals surface area contributed by atoms with Gasteiger partial charge < -0.3 is 24.1 Å². The molecule has 6 heteroatoms. The van der Waals surface area contributed by atoms with Crippen LogP contribution in [0.15, 0.2) is 12.1 Å². The summed E-state index contributed by atoms with van der Waals surface area (Å²) in [6.07, 6.45) is 0. The molecule has 0 aromatic heterocycles. The minimum atomic E-state index is -1.02. The van der Waals surface area contributed by atoms with Crippen LogP contribution in [-0.2, 0) is 11.3 Å². The third-order valence-corrected chi connectivity index (χ3v) is 4.16. The van der Waals surface area contributed by atoms with Crippen molar-refractivity contribution in [1.29, 1.82) is 0 Å². The van der Waals surface area contributed by atoms with Crippen LogP contribution in [-0.4, -0.2) is 39.5 Å². The summed E-state index contributed by atoms with van der Waals surface area (Å²) >= 11 is 0. The topological polar surface area (TPSA) is 74.2 Å². The van der Waals surface area contributed by atoms with Gasteiger partial charge in [0.1, 0.15) is 5.75 Å². The zero-order valence-electron chi connectivity index (χ0n) is 15.4. The lowest BCUT2D eigenvalue weighted by molar-refractivity contribution is 0.0696. The highest BCUT2D eigenvalue weighted by atomic mass is 16.5. The molecular formula is C19H24O6. The molecule has 0 aliphatic carbocycles. The van der Waals surface area contributed by atoms with Crippen LogP contribution in [0.3, 0.4) is 0 Å². The number of carboxylic acids is 1. The second-order valence-electron chi connectivity index (χ2n) is 5.95. The summed E-state index contributed by atoms with van der Waals surface area (Å²) in [4.78, 5) is 11.5. The average molecular weight is 348 g/mol. The van der Waals surface area contributed by atoms with Gasteiger partial charge in [0.05, 0.1) is 33.5 Å². The molecule has 136 valence electrons. The van der Waals surface area contributed by atoms with Gasteiger partial charge in [-0.15, -0.1) is 0 Å². The fourth-order valence-corrected chi connectivity index (χ4v) is 3.19. The van der Waals surface area contributed by atoms with E-state index in [1.807, 2.05) is 13.8 Å². The summed E-state index contributed by atoms with van der Waals surface area (Å²) in [6.45, 7) is 4.32. The molecule has 2 aromatic carbocycles. The third kappa shape index (κ3) is 3.22.